The molecule has 132 valence electrons. The topological polar surface area (TPSA) is 99.0 Å². The van der Waals surface area contributed by atoms with E-state index in [2.05, 4.69) is 20.4 Å². The summed E-state index contributed by atoms with van der Waals surface area (Å²) < 4.78 is 6.27. The van der Waals surface area contributed by atoms with E-state index in [1.54, 1.807) is 38.3 Å². The molecule has 3 aromatic rings. The Bertz CT molecular complexity index is 955. The lowest BCUT2D eigenvalue weighted by atomic mass is 10.1. The van der Waals surface area contributed by atoms with Gasteiger partial charge in [-0.2, -0.15) is 5.10 Å². The fraction of sp³-hybridized carbons (Fsp3) is 0.167. The molecule has 0 radical (unpaired) electrons. The Kier molecular flexibility index (Phi) is 5.02. The summed E-state index contributed by atoms with van der Waals surface area (Å²) in [5, 5.41) is 6.89. The van der Waals surface area contributed by atoms with Crippen LogP contribution >= 0.6 is 0 Å². The predicted octanol–water partition coefficient (Wildman–Crippen LogP) is 1.91. The Morgan fingerprint density at radius 2 is 1.81 bits per heavy atom. The Morgan fingerprint density at radius 3 is 2.46 bits per heavy atom. The summed E-state index contributed by atoms with van der Waals surface area (Å²) in [4.78, 5) is 32.4. The van der Waals surface area contributed by atoms with Crippen LogP contribution in [0.4, 0.5) is 5.95 Å². The number of amides is 1. The van der Waals surface area contributed by atoms with Gasteiger partial charge in [-0.1, -0.05) is 0 Å². The van der Waals surface area contributed by atoms with Crippen LogP contribution in [-0.4, -0.2) is 32.8 Å². The number of nitrogens with zero attached hydrogens (tertiary/aromatic N) is 4. The van der Waals surface area contributed by atoms with Crippen molar-refractivity contribution in [3.63, 3.8) is 0 Å². The normalized spacial score (nSPS) is 11.6. The first-order chi connectivity index (χ1) is 12.6. The number of benzene rings is 1. The summed E-state index contributed by atoms with van der Waals surface area (Å²) in [6, 6.07) is 11.1. The third-order valence-corrected chi connectivity index (χ3v) is 3.76. The highest BCUT2D eigenvalue weighted by Crippen LogP contribution is 2.20. The molecule has 0 aliphatic heterocycles. The van der Waals surface area contributed by atoms with E-state index in [4.69, 9.17) is 4.74 Å². The Labute approximate surface area is 149 Å². The molecule has 2 aromatic heterocycles. The molecule has 2 heterocycles. The Balaban J connectivity index is 1.86. The molecule has 1 atom stereocenters. The second-order valence-corrected chi connectivity index (χ2v) is 5.47. The van der Waals surface area contributed by atoms with Gasteiger partial charge in [-0.25, -0.2) is 14.6 Å². The van der Waals surface area contributed by atoms with Gasteiger partial charge in [0.15, 0.2) is 0 Å². The molecule has 0 aliphatic rings. The van der Waals surface area contributed by atoms with Gasteiger partial charge in [-0.3, -0.25) is 14.9 Å². The van der Waals surface area contributed by atoms with E-state index in [1.807, 2.05) is 12.1 Å². The van der Waals surface area contributed by atoms with Gasteiger partial charge in [0, 0.05) is 24.0 Å². The lowest BCUT2D eigenvalue weighted by Crippen LogP contribution is -2.33. The molecule has 8 heteroatoms. The van der Waals surface area contributed by atoms with Crippen molar-refractivity contribution in [2.24, 2.45) is 0 Å². The molecule has 1 N–H and O–H groups in total. The summed E-state index contributed by atoms with van der Waals surface area (Å²) in [6.07, 6.45) is 3.03. The van der Waals surface area contributed by atoms with E-state index in [1.165, 1.54) is 18.5 Å². The molecule has 1 amide bonds. The van der Waals surface area contributed by atoms with E-state index in [-0.39, 0.29) is 11.5 Å². The minimum atomic E-state index is -0.829. The molecule has 0 bridgehead atoms. The molecule has 26 heavy (non-hydrogen) atoms. The smallest absolute Gasteiger partial charge is 0.267 e. The summed E-state index contributed by atoms with van der Waals surface area (Å²) in [6.45, 7) is 1.59. The summed E-state index contributed by atoms with van der Waals surface area (Å²) in [5.74, 6) is 0.457. The van der Waals surface area contributed by atoms with E-state index in [0.29, 0.717) is 5.69 Å². The highest BCUT2D eigenvalue weighted by Gasteiger charge is 2.19. The second kappa shape index (κ2) is 7.56. The summed E-state index contributed by atoms with van der Waals surface area (Å²) in [7, 11) is 1.59. The minimum absolute atomic E-state index is 0.170. The van der Waals surface area contributed by atoms with Crippen molar-refractivity contribution < 1.29 is 9.53 Å². The van der Waals surface area contributed by atoms with Crippen LogP contribution < -0.4 is 15.6 Å². The average Bonchev–Trinajstić information content (AvgIpc) is 2.68. The third-order valence-electron chi connectivity index (χ3n) is 3.76. The Hall–Kier alpha value is -3.55. The van der Waals surface area contributed by atoms with Crippen LogP contribution in [0.5, 0.6) is 5.75 Å². The quantitative estimate of drug-likeness (QED) is 0.754. The first-order valence-corrected chi connectivity index (χ1v) is 7.90. The van der Waals surface area contributed by atoms with Crippen molar-refractivity contribution in [1.82, 2.24) is 19.7 Å². The number of anilines is 1. The maximum atomic E-state index is 12.4. The van der Waals surface area contributed by atoms with Gasteiger partial charge in [0.2, 0.25) is 5.95 Å². The summed E-state index contributed by atoms with van der Waals surface area (Å²) >= 11 is 0. The van der Waals surface area contributed by atoms with Crippen LogP contribution in [0.25, 0.3) is 11.3 Å². The second-order valence-electron chi connectivity index (χ2n) is 5.47. The van der Waals surface area contributed by atoms with Crippen molar-refractivity contribution in [3.05, 3.63) is 65.2 Å². The van der Waals surface area contributed by atoms with E-state index in [0.717, 1.165) is 16.0 Å². The molecule has 3 rings (SSSR count). The minimum Gasteiger partial charge on any atom is -0.497 e. The van der Waals surface area contributed by atoms with Crippen LogP contribution in [0, 0.1) is 0 Å². The molecule has 0 spiro atoms. The molecular formula is C18H17N5O3. The number of hydrogen-bond donors (Lipinski definition) is 1. The number of hydrogen-bond acceptors (Lipinski definition) is 6. The van der Waals surface area contributed by atoms with Crippen LogP contribution in [0.3, 0.4) is 0 Å². The lowest BCUT2D eigenvalue weighted by Gasteiger charge is -2.14. The third kappa shape index (κ3) is 3.75. The van der Waals surface area contributed by atoms with Crippen molar-refractivity contribution in [2.45, 2.75) is 13.0 Å². The van der Waals surface area contributed by atoms with Gasteiger partial charge >= 0.3 is 0 Å². The first kappa shape index (κ1) is 17.3. The number of aromatic nitrogens is 4. The number of rotatable bonds is 5. The molecule has 0 fully saturated rings. The van der Waals surface area contributed by atoms with Crippen molar-refractivity contribution in [1.29, 1.82) is 0 Å². The van der Waals surface area contributed by atoms with Gasteiger partial charge in [-0.05, 0) is 43.3 Å². The zero-order chi connectivity index (χ0) is 18.5. The maximum Gasteiger partial charge on any atom is 0.267 e. The number of carbonyl (C=O) groups excluding carboxylic acids is 1. The van der Waals surface area contributed by atoms with Crippen molar-refractivity contribution >= 4 is 11.9 Å². The van der Waals surface area contributed by atoms with Gasteiger partial charge < -0.3 is 4.74 Å². The lowest BCUT2D eigenvalue weighted by molar-refractivity contribution is -0.119. The molecule has 0 saturated carbocycles. The van der Waals surface area contributed by atoms with Crippen LogP contribution in [0.15, 0.2) is 59.7 Å². The van der Waals surface area contributed by atoms with Gasteiger partial charge in [0.1, 0.15) is 11.8 Å². The van der Waals surface area contributed by atoms with E-state index in [9.17, 15) is 9.59 Å². The fourth-order valence-electron chi connectivity index (χ4n) is 2.31. The first-order valence-electron chi connectivity index (χ1n) is 7.90. The van der Waals surface area contributed by atoms with E-state index < -0.39 is 11.9 Å². The van der Waals surface area contributed by atoms with Crippen LogP contribution in [-0.2, 0) is 4.79 Å². The number of nitrogens with one attached hydrogen (secondary N) is 1. The fourth-order valence-corrected chi connectivity index (χ4v) is 2.31. The van der Waals surface area contributed by atoms with Gasteiger partial charge in [0.25, 0.3) is 11.5 Å². The molecule has 0 saturated heterocycles. The Morgan fingerprint density at radius 1 is 1.12 bits per heavy atom. The largest absolute Gasteiger partial charge is 0.497 e. The standard InChI is InChI=1S/C18H17N5O3/c1-12(17(25)21-18-19-10-3-11-20-18)23-16(24)9-8-15(22-23)13-4-6-14(26-2)7-5-13/h3-12H,1-2H3,(H,19,20,21,25). The number of carbonyl (C=O) groups is 1. The zero-order valence-electron chi connectivity index (χ0n) is 14.3. The molecule has 8 nitrogen and oxygen atoms in total. The van der Waals surface area contributed by atoms with E-state index >= 15 is 0 Å². The van der Waals surface area contributed by atoms with Gasteiger partial charge in [0.05, 0.1) is 12.8 Å². The SMILES string of the molecule is COc1ccc(-c2ccc(=O)n(C(C)C(=O)Nc3ncccn3)n2)cc1. The average molecular weight is 351 g/mol. The van der Waals surface area contributed by atoms with Crippen LogP contribution in [0.1, 0.15) is 13.0 Å². The monoisotopic (exact) mass is 351 g/mol. The number of methoxy groups -OCH3 is 1. The van der Waals surface area contributed by atoms with Crippen LogP contribution in [0.2, 0.25) is 0 Å². The zero-order valence-corrected chi connectivity index (χ0v) is 14.3. The summed E-state index contributed by atoms with van der Waals surface area (Å²) in [5.41, 5.74) is 1.00. The maximum absolute atomic E-state index is 12.4. The van der Waals surface area contributed by atoms with Crippen molar-refractivity contribution in [3.8, 4) is 17.0 Å². The predicted molar refractivity (Wildman–Crippen MR) is 95.9 cm³/mol. The molecular weight excluding hydrogens is 334 g/mol. The molecule has 0 aliphatic carbocycles. The van der Waals surface area contributed by atoms with Gasteiger partial charge in [-0.15, -0.1) is 0 Å². The highest BCUT2D eigenvalue weighted by atomic mass is 16.5. The molecule has 1 unspecified atom stereocenters. The van der Waals surface area contributed by atoms with Crippen molar-refractivity contribution in [2.75, 3.05) is 12.4 Å². The number of ether oxygens (including phenoxy) is 1. The molecule has 1 aromatic carbocycles. The highest BCUT2D eigenvalue weighted by molar-refractivity contribution is 5.91.